The van der Waals surface area contributed by atoms with Gasteiger partial charge in [0.05, 0.1) is 23.7 Å². The van der Waals surface area contributed by atoms with Crippen molar-refractivity contribution in [1.29, 1.82) is 0 Å². The van der Waals surface area contributed by atoms with Crippen LogP contribution in [0.5, 0.6) is 0 Å². The highest BCUT2D eigenvalue weighted by Gasteiger charge is 2.19. The van der Waals surface area contributed by atoms with E-state index in [0.29, 0.717) is 13.0 Å². The van der Waals surface area contributed by atoms with Gasteiger partial charge in [-0.25, -0.2) is 4.98 Å². The third-order valence-corrected chi connectivity index (χ3v) is 3.96. The Bertz CT molecular complexity index is 594. The molecule has 21 heavy (non-hydrogen) atoms. The van der Waals surface area contributed by atoms with E-state index in [-0.39, 0.29) is 19.3 Å². The maximum Gasteiger partial charge on any atom is 0.127 e. The molecule has 2 aromatic rings. The molecule has 1 aromatic carbocycles. The van der Waals surface area contributed by atoms with Gasteiger partial charge in [0.25, 0.3) is 0 Å². The zero-order chi connectivity index (χ0) is 15.4. The van der Waals surface area contributed by atoms with Crippen LogP contribution in [-0.2, 0) is 6.54 Å². The summed E-state index contributed by atoms with van der Waals surface area (Å²) in [7, 11) is 1.99. The van der Waals surface area contributed by atoms with E-state index in [1.807, 2.05) is 7.05 Å². The van der Waals surface area contributed by atoms with E-state index >= 15 is 0 Å². The lowest BCUT2D eigenvalue weighted by Gasteiger charge is -2.24. The fourth-order valence-electron chi connectivity index (χ4n) is 2.59. The molecule has 1 atom stereocenters. The molecule has 0 saturated carbocycles. The summed E-state index contributed by atoms with van der Waals surface area (Å²) in [5.74, 6) is 0.986. The van der Waals surface area contributed by atoms with Crippen LogP contribution in [0.1, 0.15) is 30.8 Å². The summed E-state index contributed by atoms with van der Waals surface area (Å²) in [6.45, 7) is 5.83. The van der Waals surface area contributed by atoms with E-state index in [1.165, 1.54) is 5.56 Å². The zero-order valence-corrected chi connectivity index (χ0v) is 13.1. The second-order valence-corrected chi connectivity index (χ2v) is 5.57. The van der Waals surface area contributed by atoms with Crippen LogP contribution in [0.2, 0.25) is 0 Å². The van der Waals surface area contributed by atoms with Gasteiger partial charge in [0.15, 0.2) is 0 Å². The van der Waals surface area contributed by atoms with Crippen molar-refractivity contribution in [2.24, 2.45) is 0 Å². The van der Waals surface area contributed by atoms with Crippen LogP contribution in [-0.4, -0.2) is 51.5 Å². The highest BCUT2D eigenvalue weighted by Crippen LogP contribution is 2.25. The molecule has 0 aliphatic rings. The molecule has 1 aromatic heterocycles. The van der Waals surface area contributed by atoms with Gasteiger partial charge in [0, 0.05) is 19.7 Å². The van der Waals surface area contributed by atoms with Gasteiger partial charge in [-0.1, -0.05) is 6.07 Å². The van der Waals surface area contributed by atoms with Crippen molar-refractivity contribution in [3.8, 4) is 0 Å². The normalized spacial score (nSPS) is 13.2. The van der Waals surface area contributed by atoms with Crippen molar-refractivity contribution < 1.29 is 10.2 Å². The number of likely N-dealkylation sites (N-methyl/N-ethyl adjacent to an activating group) is 1. The van der Waals surface area contributed by atoms with Crippen LogP contribution in [0.4, 0.5) is 0 Å². The first-order chi connectivity index (χ1) is 10.1. The number of hydrogen-bond donors (Lipinski definition) is 2. The number of imidazole rings is 1. The second-order valence-electron chi connectivity index (χ2n) is 5.57. The third-order valence-electron chi connectivity index (χ3n) is 3.96. The van der Waals surface area contributed by atoms with Gasteiger partial charge in [-0.15, -0.1) is 0 Å². The Morgan fingerprint density at radius 3 is 2.71 bits per heavy atom. The first kappa shape index (κ1) is 15.9. The molecule has 0 radical (unpaired) electrons. The maximum atomic E-state index is 9.13. The van der Waals surface area contributed by atoms with Crippen LogP contribution >= 0.6 is 0 Å². The lowest BCUT2D eigenvalue weighted by atomic mass is 10.2. The summed E-state index contributed by atoms with van der Waals surface area (Å²) in [6, 6.07) is 6.39. The first-order valence-corrected chi connectivity index (χ1v) is 7.47. The molecule has 1 heterocycles. The Labute approximate surface area is 125 Å². The molecule has 0 amide bonds. The summed E-state index contributed by atoms with van der Waals surface area (Å²) in [4.78, 5) is 6.87. The molecule has 5 heteroatoms. The van der Waals surface area contributed by atoms with Gasteiger partial charge in [-0.3, -0.25) is 4.90 Å². The molecule has 1 unspecified atom stereocenters. The molecule has 0 saturated heterocycles. The van der Waals surface area contributed by atoms with Crippen LogP contribution in [0, 0.1) is 6.92 Å². The van der Waals surface area contributed by atoms with E-state index in [1.54, 1.807) is 0 Å². The Morgan fingerprint density at radius 1 is 1.29 bits per heavy atom. The van der Waals surface area contributed by atoms with Crippen molar-refractivity contribution >= 4 is 11.0 Å². The Hall–Kier alpha value is -1.43. The Morgan fingerprint density at radius 2 is 2.05 bits per heavy atom. The van der Waals surface area contributed by atoms with Gasteiger partial charge in [0.2, 0.25) is 0 Å². The van der Waals surface area contributed by atoms with Crippen molar-refractivity contribution in [3.63, 3.8) is 0 Å². The number of benzene rings is 1. The van der Waals surface area contributed by atoms with Crippen LogP contribution in [0.3, 0.4) is 0 Å². The number of aliphatic hydroxyl groups excluding tert-OH is 2. The minimum Gasteiger partial charge on any atom is -0.396 e. The van der Waals surface area contributed by atoms with Gasteiger partial charge < -0.3 is 14.8 Å². The van der Waals surface area contributed by atoms with Gasteiger partial charge in [-0.05, 0) is 45.0 Å². The standard InChI is InChI=1S/C16H25N3O2/c1-12-5-6-15-14(11-12)17-16(19(15)7-4-9-20)13(2)18(3)8-10-21/h5-6,11,13,20-21H,4,7-10H2,1-3H3. The molecule has 0 aliphatic heterocycles. The van der Waals surface area contributed by atoms with E-state index in [4.69, 9.17) is 15.2 Å². The largest absolute Gasteiger partial charge is 0.396 e. The van der Waals surface area contributed by atoms with Gasteiger partial charge >= 0.3 is 0 Å². The number of hydrogen-bond acceptors (Lipinski definition) is 4. The van der Waals surface area contributed by atoms with Crippen LogP contribution < -0.4 is 0 Å². The molecule has 0 aliphatic carbocycles. The number of fused-ring (bicyclic) bond motifs is 1. The maximum absolute atomic E-state index is 9.13. The van der Waals surface area contributed by atoms with Crippen LogP contribution in [0.25, 0.3) is 11.0 Å². The smallest absolute Gasteiger partial charge is 0.127 e. The minimum atomic E-state index is 0.114. The number of aliphatic hydroxyl groups is 2. The highest BCUT2D eigenvalue weighted by molar-refractivity contribution is 5.77. The highest BCUT2D eigenvalue weighted by atomic mass is 16.3. The molecule has 5 nitrogen and oxygen atoms in total. The first-order valence-electron chi connectivity index (χ1n) is 7.47. The van der Waals surface area contributed by atoms with Crippen molar-refractivity contribution in [2.45, 2.75) is 32.9 Å². The van der Waals surface area contributed by atoms with Crippen molar-refractivity contribution in [2.75, 3.05) is 26.8 Å². The summed E-state index contributed by atoms with van der Waals surface area (Å²) in [5, 5.41) is 18.2. The molecule has 2 rings (SSSR count). The molecule has 2 N–H and O–H groups in total. The third kappa shape index (κ3) is 3.43. The quantitative estimate of drug-likeness (QED) is 0.815. The monoisotopic (exact) mass is 291 g/mol. The minimum absolute atomic E-state index is 0.114. The Balaban J connectivity index is 2.44. The zero-order valence-electron chi connectivity index (χ0n) is 13.1. The van der Waals surface area contributed by atoms with Crippen LogP contribution in [0.15, 0.2) is 18.2 Å². The molecule has 0 bridgehead atoms. The predicted octanol–water partition coefficient (Wildman–Crippen LogP) is 1.71. The molecular formula is C16H25N3O2. The number of rotatable bonds is 7. The second kappa shape index (κ2) is 7.02. The number of aromatic nitrogens is 2. The van der Waals surface area contributed by atoms with E-state index in [2.05, 4.69) is 41.5 Å². The topological polar surface area (TPSA) is 61.5 Å². The summed E-state index contributed by atoms with van der Waals surface area (Å²) < 4.78 is 2.18. The summed E-state index contributed by atoms with van der Waals surface area (Å²) in [5.41, 5.74) is 3.29. The molecule has 0 spiro atoms. The fourth-order valence-corrected chi connectivity index (χ4v) is 2.59. The lowest BCUT2D eigenvalue weighted by molar-refractivity contribution is 0.181. The van der Waals surface area contributed by atoms with E-state index < -0.39 is 0 Å². The predicted molar refractivity (Wildman–Crippen MR) is 84.3 cm³/mol. The average Bonchev–Trinajstić information content (AvgIpc) is 2.82. The fraction of sp³-hybridized carbons (Fsp3) is 0.562. The molecule has 116 valence electrons. The molecule has 0 fully saturated rings. The van der Waals surface area contributed by atoms with E-state index in [0.717, 1.165) is 23.4 Å². The van der Waals surface area contributed by atoms with Gasteiger partial charge in [0.1, 0.15) is 5.82 Å². The van der Waals surface area contributed by atoms with Gasteiger partial charge in [-0.2, -0.15) is 0 Å². The van der Waals surface area contributed by atoms with Crippen molar-refractivity contribution in [3.05, 3.63) is 29.6 Å². The van der Waals surface area contributed by atoms with E-state index in [9.17, 15) is 0 Å². The van der Waals surface area contributed by atoms with Crippen molar-refractivity contribution in [1.82, 2.24) is 14.5 Å². The summed E-state index contributed by atoms with van der Waals surface area (Å²) >= 11 is 0. The number of aryl methyl sites for hydroxylation is 2. The lowest BCUT2D eigenvalue weighted by Crippen LogP contribution is -2.28. The SMILES string of the molecule is Cc1ccc2c(c1)nc(C(C)N(C)CCO)n2CCCO. The average molecular weight is 291 g/mol. The Kier molecular flexibility index (Phi) is 5.33. The number of nitrogens with zero attached hydrogens (tertiary/aromatic N) is 3. The molecular weight excluding hydrogens is 266 g/mol. The summed E-state index contributed by atoms with van der Waals surface area (Å²) in [6.07, 6.45) is 0.711.